The molecule has 0 aliphatic carbocycles. The van der Waals surface area contributed by atoms with Crippen LogP contribution in [0.15, 0.2) is 36.4 Å². The van der Waals surface area contributed by atoms with Crippen LogP contribution in [0.2, 0.25) is 0 Å². The number of hydrogen-bond donors (Lipinski definition) is 2. The van der Waals surface area contributed by atoms with Gasteiger partial charge in [0.05, 0.1) is 19.3 Å². The van der Waals surface area contributed by atoms with Crippen LogP contribution in [0.4, 0.5) is 0 Å². The third-order valence-corrected chi connectivity index (χ3v) is 2.99. The Morgan fingerprint density at radius 3 is 2.43 bits per heavy atom. The lowest BCUT2D eigenvalue weighted by Crippen LogP contribution is -2.04. The first-order chi connectivity index (χ1) is 11.0. The van der Waals surface area contributed by atoms with Crippen molar-refractivity contribution < 1.29 is 24.5 Å². The van der Waals surface area contributed by atoms with E-state index < -0.39 is 5.97 Å². The van der Waals surface area contributed by atoms with Crippen LogP contribution >= 0.6 is 0 Å². The summed E-state index contributed by atoms with van der Waals surface area (Å²) in [5, 5.41) is 19.2. The Labute approximate surface area is 134 Å². The molecule has 2 aromatic rings. The zero-order valence-electron chi connectivity index (χ0n) is 12.8. The Bertz CT molecular complexity index is 766. The Morgan fingerprint density at radius 2 is 1.87 bits per heavy atom. The highest BCUT2D eigenvalue weighted by atomic mass is 16.5. The third kappa shape index (κ3) is 4.25. The number of esters is 1. The van der Waals surface area contributed by atoms with Gasteiger partial charge in [0.1, 0.15) is 5.75 Å². The maximum absolute atomic E-state index is 11.2. The van der Waals surface area contributed by atoms with Gasteiger partial charge in [-0.15, -0.1) is 0 Å². The van der Waals surface area contributed by atoms with Crippen LogP contribution in [-0.4, -0.2) is 23.3 Å². The summed E-state index contributed by atoms with van der Waals surface area (Å²) in [4.78, 5) is 11.2. The van der Waals surface area contributed by atoms with E-state index >= 15 is 0 Å². The minimum Gasteiger partial charge on any atom is -0.504 e. The number of phenolic OH excluding ortho intramolecular Hbond substituents is 1. The molecule has 0 saturated carbocycles. The molecule has 0 amide bonds. The van der Waals surface area contributed by atoms with Gasteiger partial charge in [0.15, 0.2) is 11.5 Å². The van der Waals surface area contributed by atoms with Crippen LogP contribution in [0.3, 0.4) is 0 Å². The summed E-state index contributed by atoms with van der Waals surface area (Å²) in [7, 11) is 1.58. The van der Waals surface area contributed by atoms with Gasteiger partial charge in [-0.2, -0.15) is 0 Å². The third-order valence-electron chi connectivity index (χ3n) is 2.99. The second-order valence-corrected chi connectivity index (χ2v) is 4.72. The normalized spacial score (nSPS) is 9.70. The van der Waals surface area contributed by atoms with Crippen molar-refractivity contribution in [3.8, 4) is 29.1 Å². The predicted octanol–water partition coefficient (Wildman–Crippen LogP) is 2.22. The molecular weight excluding hydrogens is 296 g/mol. The van der Waals surface area contributed by atoms with E-state index in [0.717, 1.165) is 11.3 Å². The van der Waals surface area contributed by atoms with Gasteiger partial charge in [-0.3, -0.25) is 4.79 Å². The number of rotatable bonds is 3. The molecule has 0 fully saturated rings. The van der Waals surface area contributed by atoms with Crippen LogP contribution < -0.4 is 9.47 Å². The number of aliphatic hydroxyl groups excluding tert-OH is 1. The molecule has 0 atom stereocenters. The number of phenols is 1. The van der Waals surface area contributed by atoms with Crippen molar-refractivity contribution in [3.05, 3.63) is 53.1 Å². The van der Waals surface area contributed by atoms with E-state index in [1.54, 1.807) is 37.4 Å². The monoisotopic (exact) mass is 312 g/mol. The van der Waals surface area contributed by atoms with E-state index in [-0.39, 0.29) is 18.1 Å². The smallest absolute Gasteiger partial charge is 0.308 e. The first-order valence-corrected chi connectivity index (χ1v) is 6.84. The van der Waals surface area contributed by atoms with Crippen molar-refractivity contribution in [1.29, 1.82) is 0 Å². The van der Waals surface area contributed by atoms with Crippen LogP contribution in [0.25, 0.3) is 0 Å². The number of hydrogen-bond acceptors (Lipinski definition) is 5. The molecule has 0 bridgehead atoms. The Kier molecular flexibility index (Phi) is 5.23. The zero-order valence-corrected chi connectivity index (χ0v) is 12.8. The first kappa shape index (κ1) is 16.4. The molecule has 23 heavy (non-hydrogen) atoms. The first-order valence-electron chi connectivity index (χ1n) is 6.84. The molecule has 5 nitrogen and oxygen atoms in total. The average molecular weight is 312 g/mol. The molecule has 2 aromatic carbocycles. The highest BCUT2D eigenvalue weighted by molar-refractivity contribution is 5.72. The number of carbonyl (C=O) groups excluding carboxylic acids is 1. The number of aromatic hydroxyl groups is 1. The highest BCUT2D eigenvalue weighted by Gasteiger charge is 2.12. The zero-order chi connectivity index (χ0) is 16.8. The minimum atomic E-state index is -0.565. The van der Waals surface area contributed by atoms with Gasteiger partial charge >= 0.3 is 5.97 Å². The quantitative estimate of drug-likeness (QED) is 0.516. The largest absolute Gasteiger partial charge is 0.504 e. The summed E-state index contributed by atoms with van der Waals surface area (Å²) in [6.45, 7) is 0.977. The fraction of sp³-hybridized carbons (Fsp3) is 0.167. The van der Waals surface area contributed by atoms with Gasteiger partial charge in [0, 0.05) is 12.5 Å². The highest BCUT2D eigenvalue weighted by Crippen LogP contribution is 2.31. The minimum absolute atomic E-state index is 0.0179. The van der Waals surface area contributed by atoms with Gasteiger partial charge in [0.2, 0.25) is 0 Å². The van der Waals surface area contributed by atoms with Crippen molar-refractivity contribution >= 4 is 5.97 Å². The topological polar surface area (TPSA) is 76.0 Å². The fourth-order valence-electron chi connectivity index (χ4n) is 1.92. The second kappa shape index (κ2) is 7.34. The van der Waals surface area contributed by atoms with E-state index in [1.807, 2.05) is 0 Å². The molecule has 0 unspecified atom stereocenters. The van der Waals surface area contributed by atoms with Crippen LogP contribution in [0.1, 0.15) is 23.6 Å². The van der Waals surface area contributed by atoms with Crippen molar-refractivity contribution in [2.75, 3.05) is 7.11 Å². The van der Waals surface area contributed by atoms with E-state index in [0.29, 0.717) is 11.1 Å². The second-order valence-electron chi connectivity index (χ2n) is 4.72. The maximum Gasteiger partial charge on any atom is 0.308 e. The summed E-state index contributed by atoms with van der Waals surface area (Å²) in [6.07, 6.45) is 0. The van der Waals surface area contributed by atoms with E-state index in [4.69, 9.17) is 9.47 Å². The lowest BCUT2D eigenvalue weighted by molar-refractivity contribution is -0.132. The van der Waals surface area contributed by atoms with Gasteiger partial charge in [-0.1, -0.05) is 11.8 Å². The van der Waals surface area contributed by atoms with E-state index in [9.17, 15) is 15.0 Å². The number of aliphatic hydroxyl groups is 1. The summed E-state index contributed by atoms with van der Waals surface area (Å²) in [6, 6.07) is 10.0. The SMILES string of the molecule is COc1ccc(C#Cc2cc(CO)cc(O)c2OC(C)=O)cc1. The van der Waals surface area contributed by atoms with Gasteiger partial charge in [-0.05, 0) is 42.0 Å². The van der Waals surface area contributed by atoms with Gasteiger partial charge < -0.3 is 19.7 Å². The summed E-state index contributed by atoms with van der Waals surface area (Å²) >= 11 is 0. The lowest BCUT2D eigenvalue weighted by Gasteiger charge is -2.08. The maximum atomic E-state index is 11.2. The molecular formula is C18H16O5. The molecule has 5 heteroatoms. The predicted molar refractivity (Wildman–Crippen MR) is 84.3 cm³/mol. The van der Waals surface area contributed by atoms with Crippen LogP contribution in [0, 0.1) is 11.8 Å². The Balaban J connectivity index is 2.42. The lowest BCUT2D eigenvalue weighted by atomic mass is 10.1. The number of carbonyl (C=O) groups is 1. The molecule has 0 saturated heterocycles. The summed E-state index contributed by atoms with van der Waals surface area (Å²) in [5.74, 6) is 5.65. The van der Waals surface area contributed by atoms with E-state index in [1.165, 1.54) is 13.0 Å². The van der Waals surface area contributed by atoms with E-state index in [2.05, 4.69) is 11.8 Å². The molecule has 0 radical (unpaired) electrons. The molecule has 2 rings (SSSR count). The van der Waals surface area contributed by atoms with Crippen molar-refractivity contribution in [2.24, 2.45) is 0 Å². The molecule has 2 N–H and O–H groups in total. The van der Waals surface area contributed by atoms with Crippen LogP contribution in [0.5, 0.6) is 17.2 Å². The molecule has 0 heterocycles. The fourth-order valence-corrected chi connectivity index (χ4v) is 1.92. The average Bonchev–Trinajstić information content (AvgIpc) is 2.55. The Hall–Kier alpha value is -2.97. The number of ether oxygens (including phenoxy) is 2. The molecule has 118 valence electrons. The summed E-state index contributed by atoms with van der Waals surface area (Å²) in [5.41, 5.74) is 1.52. The van der Waals surface area contributed by atoms with Gasteiger partial charge in [-0.25, -0.2) is 0 Å². The van der Waals surface area contributed by atoms with Gasteiger partial charge in [0.25, 0.3) is 0 Å². The molecule has 0 spiro atoms. The summed E-state index contributed by atoms with van der Waals surface area (Å²) < 4.78 is 10.1. The van der Waals surface area contributed by atoms with Crippen molar-refractivity contribution in [3.63, 3.8) is 0 Å². The van der Waals surface area contributed by atoms with Crippen LogP contribution in [-0.2, 0) is 11.4 Å². The molecule has 0 aromatic heterocycles. The number of methoxy groups -OCH3 is 1. The standard InChI is InChI=1S/C18H16O5/c1-12(20)23-18-15(9-14(11-19)10-17(18)21)6-3-13-4-7-16(22-2)8-5-13/h4-5,7-10,19,21H,11H2,1-2H3. The number of benzene rings is 2. The molecule has 0 aliphatic rings. The van der Waals surface area contributed by atoms with Crippen molar-refractivity contribution in [2.45, 2.75) is 13.5 Å². The molecule has 0 aliphatic heterocycles. The van der Waals surface area contributed by atoms with Crippen molar-refractivity contribution in [1.82, 2.24) is 0 Å². The Morgan fingerprint density at radius 1 is 1.17 bits per heavy atom.